The quantitative estimate of drug-likeness (QED) is 0.400. The van der Waals surface area contributed by atoms with Crippen LogP contribution in [0.15, 0.2) is 16.6 Å². The van der Waals surface area contributed by atoms with Crippen LogP contribution in [0.1, 0.15) is 12.0 Å². The fourth-order valence-corrected chi connectivity index (χ4v) is 1.74. The second kappa shape index (κ2) is 5.52. The van der Waals surface area contributed by atoms with Gasteiger partial charge >= 0.3 is 0 Å². The lowest BCUT2D eigenvalue weighted by molar-refractivity contribution is -0.385. The minimum Gasteiger partial charge on any atom is -0.383 e. The molecule has 1 N–H and O–H groups in total. The molecule has 0 saturated carbocycles. The molecule has 0 spiro atoms. The van der Waals surface area contributed by atoms with E-state index in [9.17, 15) is 10.1 Å². The maximum atomic E-state index is 10.7. The number of aryl methyl sites for hydroxylation is 1. The van der Waals surface area contributed by atoms with Crippen molar-refractivity contribution in [1.82, 2.24) is 0 Å². The van der Waals surface area contributed by atoms with E-state index in [1.165, 1.54) is 6.07 Å². The summed E-state index contributed by atoms with van der Waals surface area (Å²) in [5, 5.41) is 13.8. The van der Waals surface area contributed by atoms with Gasteiger partial charge in [-0.1, -0.05) is 0 Å². The summed E-state index contributed by atoms with van der Waals surface area (Å²) in [5.74, 6) is 2.52. The summed E-state index contributed by atoms with van der Waals surface area (Å²) in [6, 6.07) is 3.23. The normalized spacial score (nSPS) is 9.56. The number of nitrogens with one attached hydrogen (secondary N) is 1. The van der Waals surface area contributed by atoms with Gasteiger partial charge in [0.15, 0.2) is 0 Å². The summed E-state index contributed by atoms with van der Waals surface area (Å²) in [6.07, 6.45) is 5.75. The number of benzene rings is 1. The van der Waals surface area contributed by atoms with Gasteiger partial charge < -0.3 is 5.32 Å². The van der Waals surface area contributed by atoms with Crippen molar-refractivity contribution in [2.45, 2.75) is 13.3 Å². The molecule has 0 aliphatic carbocycles. The number of hydrogen-bond acceptors (Lipinski definition) is 3. The average Bonchev–Trinajstić information content (AvgIpc) is 2.22. The Balaban J connectivity index is 2.93. The van der Waals surface area contributed by atoms with Gasteiger partial charge in [-0.3, -0.25) is 10.1 Å². The number of halogens is 1. The first-order chi connectivity index (χ1) is 7.56. The predicted molar refractivity (Wildman–Crippen MR) is 67.5 cm³/mol. The zero-order valence-corrected chi connectivity index (χ0v) is 10.4. The Morgan fingerprint density at radius 1 is 1.62 bits per heavy atom. The standard InChI is InChI=1S/C11H11BrN2O2/c1-3-4-5-13-10-6-8(2)11(14(15)16)7-9(10)12/h1,6-7,13H,4-5H2,2H3. The van der Waals surface area contributed by atoms with E-state index < -0.39 is 4.92 Å². The van der Waals surface area contributed by atoms with Gasteiger partial charge in [-0.25, -0.2) is 0 Å². The summed E-state index contributed by atoms with van der Waals surface area (Å²) >= 11 is 3.28. The minimum absolute atomic E-state index is 0.106. The zero-order chi connectivity index (χ0) is 12.1. The molecule has 0 amide bonds. The maximum absolute atomic E-state index is 10.7. The van der Waals surface area contributed by atoms with E-state index in [0.29, 0.717) is 23.0 Å². The SMILES string of the molecule is C#CCCNc1cc(C)c([N+](=O)[O-])cc1Br. The van der Waals surface area contributed by atoms with E-state index in [2.05, 4.69) is 27.2 Å². The lowest BCUT2D eigenvalue weighted by Gasteiger charge is -2.08. The summed E-state index contributed by atoms with van der Waals surface area (Å²) in [5.41, 5.74) is 1.55. The zero-order valence-electron chi connectivity index (χ0n) is 8.79. The first kappa shape index (κ1) is 12.5. The smallest absolute Gasteiger partial charge is 0.273 e. The van der Waals surface area contributed by atoms with Gasteiger partial charge in [-0.05, 0) is 28.9 Å². The van der Waals surface area contributed by atoms with Gasteiger partial charge in [0.2, 0.25) is 0 Å². The molecular weight excluding hydrogens is 272 g/mol. The van der Waals surface area contributed by atoms with Gasteiger partial charge in [-0.15, -0.1) is 12.3 Å². The van der Waals surface area contributed by atoms with E-state index in [4.69, 9.17) is 6.42 Å². The van der Waals surface area contributed by atoms with Crippen LogP contribution in [-0.2, 0) is 0 Å². The van der Waals surface area contributed by atoms with E-state index in [0.717, 1.165) is 5.69 Å². The van der Waals surface area contributed by atoms with Crippen LogP contribution in [0.4, 0.5) is 11.4 Å². The first-order valence-electron chi connectivity index (χ1n) is 4.68. The fourth-order valence-electron chi connectivity index (χ4n) is 1.27. The number of rotatable bonds is 4. The third kappa shape index (κ3) is 2.97. The third-order valence-corrected chi connectivity index (χ3v) is 2.72. The first-order valence-corrected chi connectivity index (χ1v) is 5.47. The second-order valence-corrected chi connectivity index (χ2v) is 4.11. The Labute approximate surface area is 102 Å². The molecule has 84 valence electrons. The summed E-state index contributed by atoms with van der Waals surface area (Å²) in [6.45, 7) is 2.35. The van der Waals surface area contributed by atoms with Crippen molar-refractivity contribution in [3.63, 3.8) is 0 Å². The minimum atomic E-state index is -0.398. The predicted octanol–water partition coefficient (Wildman–Crippen LogP) is 3.10. The molecule has 16 heavy (non-hydrogen) atoms. The van der Waals surface area contributed by atoms with Crippen LogP contribution >= 0.6 is 15.9 Å². The van der Waals surface area contributed by atoms with Crippen molar-refractivity contribution in [2.75, 3.05) is 11.9 Å². The summed E-state index contributed by atoms with van der Waals surface area (Å²) in [7, 11) is 0. The molecule has 0 aromatic heterocycles. The van der Waals surface area contributed by atoms with Gasteiger partial charge in [-0.2, -0.15) is 0 Å². The molecule has 0 radical (unpaired) electrons. The highest BCUT2D eigenvalue weighted by molar-refractivity contribution is 9.10. The van der Waals surface area contributed by atoms with Gasteiger partial charge in [0.25, 0.3) is 5.69 Å². The molecule has 4 nitrogen and oxygen atoms in total. The van der Waals surface area contributed by atoms with E-state index in [1.807, 2.05) is 0 Å². The molecular formula is C11H11BrN2O2. The number of terminal acetylenes is 1. The van der Waals surface area contributed by atoms with Crippen molar-refractivity contribution in [3.05, 3.63) is 32.3 Å². The number of anilines is 1. The lowest BCUT2D eigenvalue weighted by Crippen LogP contribution is -2.02. The van der Waals surface area contributed by atoms with E-state index in [1.54, 1.807) is 13.0 Å². The van der Waals surface area contributed by atoms with Crippen molar-refractivity contribution < 1.29 is 4.92 Å². The number of nitro groups is 1. The van der Waals surface area contributed by atoms with Crippen LogP contribution in [0.3, 0.4) is 0 Å². The van der Waals surface area contributed by atoms with Gasteiger partial charge in [0.1, 0.15) is 0 Å². The molecule has 0 unspecified atom stereocenters. The molecule has 0 saturated heterocycles. The Morgan fingerprint density at radius 2 is 2.31 bits per heavy atom. The summed E-state index contributed by atoms with van der Waals surface area (Å²) in [4.78, 5) is 10.3. The molecule has 1 aromatic carbocycles. The van der Waals surface area contributed by atoms with Crippen LogP contribution < -0.4 is 5.32 Å². The van der Waals surface area contributed by atoms with Gasteiger partial charge in [0.05, 0.1) is 4.92 Å². The molecule has 0 aliphatic heterocycles. The van der Waals surface area contributed by atoms with Crippen molar-refractivity contribution in [1.29, 1.82) is 0 Å². The highest BCUT2D eigenvalue weighted by Gasteiger charge is 2.13. The molecule has 0 heterocycles. The number of nitro benzene ring substituents is 1. The molecule has 1 aromatic rings. The fraction of sp³-hybridized carbons (Fsp3) is 0.273. The van der Waals surface area contributed by atoms with Crippen LogP contribution in [0.2, 0.25) is 0 Å². The molecule has 0 fully saturated rings. The van der Waals surface area contributed by atoms with Crippen LogP contribution in [0, 0.1) is 29.4 Å². The Hall–Kier alpha value is -1.54. The lowest BCUT2D eigenvalue weighted by atomic mass is 10.2. The highest BCUT2D eigenvalue weighted by Crippen LogP contribution is 2.30. The highest BCUT2D eigenvalue weighted by atomic mass is 79.9. The number of hydrogen-bond donors (Lipinski definition) is 1. The summed E-state index contributed by atoms with van der Waals surface area (Å²) < 4.78 is 0.668. The molecule has 0 atom stereocenters. The Kier molecular flexibility index (Phi) is 4.32. The van der Waals surface area contributed by atoms with Crippen molar-refractivity contribution in [2.24, 2.45) is 0 Å². The second-order valence-electron chi connectivity index (χ2n) is 3.26. The topological polar surface area (TPSA) is 55.2 Å². The molecule has 0 aliphatic rings. The van der Waals surface area contributed by atoms with E-state index >= 15 is 0 Å². The average molecular weight is 283 g/mol. The third-order valence-electron chi connectivity index (χ3n) is 2.07. The Morgan fingerprint density at radius 3 is 2.88 bits per heavy atom. The number of nitrogens with zero attached hydrogens (tertiary/aromatic N) is 1. The molecule has 1 rings (SSSR count). The van der Waals surface area contributed by atoms with Gasteiger partial charge in [0, 0.05) is 34.8 Å². The molecule has 0 bridgehead atoms. The van der Waals surface area contributed by atoms with Crippen molar-refractivity contribution in [3.8, 4) is 12.3 Å². The van der Waals surface area contributed by atoms with Crippen LogP contribution in [-0.4, -0.2) is 11.5 Å². The Bertz CT molecular complexity index is 452. The van der Waals surface area contributed by atoms with Crippen LogP contribution in [0.5, 0.6) is 0 Å². The maximum Gasteiger partial charge on any atom is 0.273 e. The van der Waals surface area contributed by atoms with Crippen molar-refractivity contribution >= 4 is 27.3 Å². The molecule has 5 heteroatoms. The van der Waals surface area contributed by atoms with Crippen LogP contribution in [0.25, 0.3) is 0 Å². The monoisotopic (exact) mass is 282 g/mol. The van der Waals surface area contributed by atoms with E-state index in [-0.39, 0.29) is 5.69 Å². The largest absolute Gasteiger partial charge is 0.383 e.